The summed E-state index contributed by atoms with van der Waals surface area (Å²) in [6, 6.07) is 0. The van der Waals surface area contributed by atoms with Crippen LogP contribution in [0.25, 0.3) is 0 Å². The van der Waals surface area contributed by atoms with Crippen LogP contribution in [0.4, 0.5) is 0 Å². The Kier molecular flexibility index (Phi) is 6.62. The molecule has 1 aliphatic rings. The predicted octanol–water partition coefficient (Wildman–Crippen LogP) is 0.997. The molecule has 2 rings (SSSR count). The topological polar surface area (TPSA) is 95.7 Å². The number of rotatable bonds is 6. The largest absolute Gasteiger partial charge is 0.481 e. The average Bonchev–Trinajstić information content (AvgIpc) is 2.87. The third-order valence-electron chi connectivity index (χ3n) is 5.46. The minimum atomic E-state index is -0.868. The fourth-order valence-corrected chi connectivity index (χ4v) is 3.67. The number of aliphatic carboxylic acids is 1. The second kappa shape index (κ2) is 8.54. The Labute approximate surface area is 160 Å². The molecule has 1 N–H and O–H groups in total. The summed E-state index contributed by atoms with van der Waals surface area (Å²) in [5.41, 5.74) is 3.03. The molecule has 1 aliphatic heterocycles. The molecular formula is C19H30N4O4. The van der Waals surface area contributed by atoms with Gasteiger partial charge in [-0.05, 0) is 38.7 Å². The van der Waals surface area contributed by atoms with Gasteiger partial charge in [-0.1, -0.05) is 6.92 Å². The molecule has 0 aliphatic carbocycles. The van der Waals surface area contributed by atoms with Gasteiger partial charge in [0.2, 0.25) is 11.8 Å². The van der Waals surface area contributed by atoms with Gasteiger partial charge in [-0.25, -0.2) is 0 Å². The van der Waals surface area contributed by atoms with Crippen LogP contribution in [0.2, 0.25) is 0 Å². The number of likely N-dealkylation sites (N-methyl/N-ethyl adjacent to an activating group) is 1. The van der Waals surface area contributed by atoms with Crippen molar-refractivity contribution in [2.24, 2.45) is 18.9 Å². The lowest BCUT2D eigenvalue weighted by molar-refractivity contribution is -0.147. The molecule has 2 heterocycles. The Bertz CT molecular complexity index is 728. The average molecular weight is 378 g/mol. The lowest BCUT2D eigenvalue weighted by atomic mass is 9.97. The number of piperidine rings is 1. The van der Waals surface area contributed by atoms with Crippen molar-refractivity contribution in [3.63, 3.8) is 0 Å². The molecule has 1 aromatic rings. The smallest absolute Gasteiger partial charge is 0.308 e. The molecule has 150 valence electrons. The summed E-state index contributed by atoms with van der Waals surface area (Å²) in [6.45, 7) is 6.52. The van der Waals surface area contributed by atoms with E-state index in [1.165, 1.54) is 4.90 Å². The van der Waals surface area contributed by atoms with E-state index < -0.39 is 11.9 Å². The van der Waals surface area contributed by atoms with Crippen molar-refractivity contribution in [3.8, 4) is 0 Å². The maximum atomic E-state index is 12.7. The molecule has 2 unspecified atom stereocenters. The number of carbonyl (C=O) groups excluding carboxylic acids is 2. The van der Waals surface area contributed by atoms with Crippen molar-refractivity contribution in [3.05, 3.63) is 17.0 Å². The first kappa shape index (κ1) is 20.9. The highest BCUT2D eigenvalue weighted by atomic mass is 16.4. The van der Waals surface area contributed by atoms with Crippen LogP contribution in [0.5, 0.6) is 0 Å². The molecule has 0 aromatic carbocycles. The maximum absolute atomic E-state index is 12.7. The Balaban J connectivity index is 1.94. The SMILES string of the molecule is Cc1nn(C)c(C)c1CC(C)C(=O)N(C)CC(=O)N1CCCC(C(=O)O)C1. The summed E-state index contributed by atoms with van der Waals surface area (Å²) in [5, 5.41) is 13.5. The van der Waals surface area contributed by atoms with Crippen LogP contribution < -0.4 is 0 Å². The van der Waals surface area contributed by atoms with Gasteiger partial charge in [0.25, 0.3) is 0 Å². The van der Waals surface area contributed by atoms with Gasteiger partial charge in [0.05, 0.1) is 18.2 Å². The van der Waals surface area contributed by atoms with Gasteiger partial charge < -0.3 is 14.9 Å². The number of hydrogen-bond donors (Lipinski definition) is 1. The van der Waals surface area contributed by atoms with Crippen molar-refractivity contribution in [1.29, 1.82) is 0 Å². The van der Waals surface area contributed by atoms with Crippen molar-refractivity contribution < 1.29 is 19.5 Å². The van der Waals surface area contributed by atoms with E-state index in [0.717, 1.165) is 17.0 Å². The third kappa shape index (κ3) is 4.87. The summed E-state index contributed by atoms with van der Waals surface area (Å²) in [4.78, 5) is 39.4. The molecule has 1 fully saturated rings. The molecule has 8 heteroatoms. The van der Waals surface area contributed by atoms with Crippen molar-refractivity contribution >= 4 is 17.8 Å². The Morgan fingerprint density at radius 2 is 2.00 bits per heavy atom. The normalized spacial score (nSPS) is 18.3. The number of likely N-dealkylation sites (tertiary alicyclic amines) is 1. The van der Waals surface area contributed by atoms with E-state index in [-0.39, 0.29) is 30.8 Å². The number of amides is 2. The zero-order valence-corrected chi connectivity index (χ0v) is 16.9. The van der Waals surface area contributed by atoms with Crippen LogP contribution in [-0.4, -0.2) is 69.2 Å². The highest BCUT2D eigenvalue weighted by Crippen LogP contribution is 2.19. The Morgan fingerprint density at radius 1 is 1.33 bits per heavy atom. The lowest BCUT2D eigenvalue weighted by Crippen LogP contribution is -2.47. The molecule has 2 atom stereocenters. The van der Waals surface area contributed by atoms with Crippen LogP contribution in [0.1, 0.15) is 36.7 Å². The highest BCUT2D eigenvalue weighted by Gasteiger charge is 2.30. The summed E-state index contributed by atoms with van der Waals surface area (Å²) in [7, 11) is 3.50. The molecule has 27 heavy (non-hydrogen) atoms. The molecule has 0 bridgehead atoms. The molecule has 8 nitrogen and oxygen atoms in total. The van der Waals surface area contributed by atoms with E-state index in [4.69, 9.17) is 5.11 Å². The minimum Gasteiger partial charge on any atom is -0.481 e. The number of nitrogens with zero attached hydrogens (tertiary/aromatic N) is 4. The quantitative estimate of drug-likeness (QED) is 0.797. The van der Waals surface area contributed by atoms with Crippen LogP contribution in [0.3, 0.4) is 0 Å². The fourth-order valence-electron chi connectivity index (χ4n) is 3.67. The van der Waals surface area contributed by atoms with Crippen LogP contribution >= 0.6 is 0 Å². The minimum absolute atomic E-state index is 0.0273. The lowest BCUT2D eigenvalue weighted by Gasteiger charge is -2.32. The number of aromatic nitrogens is 2. The van der Waals surface area contributed by atoms with Gasteiger partial charge in [-0.3, -0.25) is 19.1 Å². The first-order valence-electron chi connectivity index (χ1n) is 9.36. The van der Waals surface area contributed by atoms with Crippen molar-refractivity contribution in [1.82, 2.24) is 19.6 Å². The van der Waals surface area contributed by atoms with Gasteiger partial charge in [-0.2, -0.15) is 5.10 Å². The molecule has 0 saturated carbocycles. The fraction of sp³-hybridized carbons (Fsp3) is 0.684. The first-order chi connectivity index (χ1) is 12.6. The summed E-state index contributed by atoms with van der Waals surface area (Å²) < 4.78 is 1.81. The predicted molar refractivity (Wildman–Crippen MR) is 100 cm³/mol. The zero-order valence-electron chi connectivity index (χ0n) is 16.9. The monoisotopic (exact) mass is 378 g/mol. The summed E-state index contributed by atoms with van der Waals surface area (Å²) >= 11 is 0. The van der Waals surface area contributed by atoms with Crippen molar-refractivity contribution in [2.75, 3.05) is 26.7 Å². The van der Waals surface area contributed by atoms with Gasteiger partial charge >= 0.3 is 5.97 Å². The van der Waals surface area contributed by atoms with Crippen LogP contribution in [0, 0.1) is 25.7 Å². The van der Waals surface area contributed by atoms with E-state index in [2.05, 4.69) is 5.10 Å². The summed E-state index contributed by atoms with van der Waals surface area (Å²) in [5.74, 6) is -1.94. The van der Waals surface area contributed by atoms with E-state index in [0.29, 0.717) is 25.8 Å². The molecule has 2 amide bonds. The Hall–Kier alpha value is -2.38. The molecule has 1 aromatic heterocycles. The third-order valence-corrected chi connectivity index (χ3v) is 5.46. The molecular weight excluding hydrogens is 348 g/mol. The Morgan fingerprint density at radius 3 is 2.56 bits per heavy atom. The number of aryl methyl sites for hydroxylation is 2. The maximum Gasteiger partial charge on any atom is 0.308 e. The van der Waals surface area contributed by atoms with Crippen molar-refractivity contribution in [2.45, 2.75) is 40.0 Å². The van der Waals surface area contributed by atoms with E-state index in [1.807, 2.05) is 32.5 Å². The van der Waals surface area contributed by atoms with Crippen LogP contribution in [-0.2, 0) is 27.9 Å². The highest BCUT2D eigenvalue weighted by molar-refractivity contribution is 5.86. The van der Waals surface area contributed by atoms with Gasteiger partial charge in [0.15, 0.2) is 0 Å². The standard InChI is InChI=1S/C19H30N4O4/c1-12(9-16-13(2)20-22(5)14(16)3)18(25)21(4)11-17(24)23-8-6-7-15(10-23)19(26)27/h12,15H,6-11H2,1-5H3,(H,26,27). The van der Waals surface area contributed by atoms with E-state index in [9.17, 15) is 14.4 Å². The number of carboxylic acid groups (broad SMARTS) is 1. The molecule has 1 saturated heterocycles. The van der Waals surface area contributed by atoms with Crippen LogP contribution in [0.15, 0.2) is 0 Å². The van der Waals surface area contributed by atoms with Gasteiger partial charge in [0, 0.05) is 38.8 Å². The second-order valence-electron chi connectivity index (χ2n) is 7.59. The zero-order chi connectivity index (χ0) is 20.3. The molecule has 0 radical (unpaired) electrons. The number of hydrogen-bond acceptors (Lipinski definition) is 4. The second-order valence-corrected chi connectivity index (χ2v) is 7.59. The number of carboxylic acids is 1. The number of carbonyl (C=O) groups is 3. The van der Waals surface area contributed by atoms with E-state index in [1.54, 1.807) is 11.9 Å². The van der Waals surface area contributed by atoms with Gasteiger partial charge in [0.1, 0.15) is 0 Å². The first-order valence-corrected chi connectivity index (χ1v) is 9.36. The molecule has 0 spiro atoms. The van der Waals surface area contributed by atoms with Gasteiger partial charge in [-0.15, -0.1) is 0 Å². The summed E-state index contributed by atoms with van der Waals surface area (Å²) in [6.07, 6.45) is 1.85. The van der Waals surface area contributed by atoms with E-state index >= 15 is 0 Å².